The average Bonchev–Trinajstić information content (AvgIpc) is 3.45. The number of methoxy groups -OCH3 is 1. The van der Waals surface area contributed by atoms with E-state index in [4.69, 9.17) is 9.47 Å². The van der Waals surface area contributed by atoms with Crippen LogP contribution in [0.1, 0.15) is 17.3 Å². The quantitative estimate of drug-likeness (QED) is 0.319. The minimum atomic E-state index is -0.565. The molecule has 0 spiro atoms. The van der Waals surface area contributed by atoms with Gasteiger partial charge in [0, 0.05) is 22.7 Å². The molecule has 5 aromatic rings. The number of halogens is 1. The summed E-state index contributed by atoms with van der Waals surface area (Å²) in [5.41, 5.74) is 2.45. The molecule has 0 bridgehead atoms. The highest BCUT2D eigenvalue weighted by Gasteiger charge is 2.19. The lowest BCUT2D eigenvalue weighted by Crippen LogP contribution is -2.11. The molecule has 5 rings (SSSR count). The van der Waals surface area contributed by atoms with Crippen molar-refractivity contribution in [1.29, 1.82) is 0 Å². The first-order valence-electron chi connectivity index (χ1n) is 10.6. The molecule has 176 valence electrons. The van der Waals surface area contributed by atoms with Gasteiger partial charge in [0.15, 0.2) is 11.6 Å². The Labute approximate surface area is 203 Å². The number of esters is 1. The summed E-state index contributed by atoms with van der Waals surface area (Å²) in [6.45, 7) is 1.93. The number of carbonyl (C=O) groups is 1. The van der Waals surface area contributed by atoms with E-state index in [1.165, 1.54) is 29.7 Å². The normalized spacial score (nSPS) is 10.9. The van der Waals surface area contributed by atoms with E-state index >= 15 is 0 Å². The van der Waals surface area contributed by atoms with Crippen LogP contribution in [0.5, 0.6) is 5.75 Å². The van der Waals surface area contributed by atoms with Gasteiger partial charge in [0.05, 0.1) is 19.4 Å². The number of fused-ring (bicyclic) bond motifs is 1. The zero-order chi connectivity index (χ0) is 24.4. The first kappa shape index (κ1) is 22.4. The second kappa shape index (κ2) is 9.47. The van der Waals surface area contributed by atoms with Gasteiger partial charge in [-0.25, -0.2) is 23.7 Å². The van der Waals surface area contributed by atoms with Crippen molar-refractivity contribution in [1.82, 2.24) is 24.6 Å². The molecule has 0 atom stereocenters. The van der Waals surface area contributed by atoms with Gasteiger partial charge in [0.25, 0.3) is 0 Å². The fraction of sp³-hybridized carbons (Fsp3) is 0.125. The van der Waals surface area contributed by atoms with Crippen LogP contribution < -0.4 is 10.1 Å². The minimum Gasteiger partial charge on any atom is -0.497 e. The summed E-state index contributed by atoms with van der Waals surface area (Å²) < 4.78 is 25.4. The van der Waals surface area contributed by atoms with Gasteiger partial charge in [-0.05, 0) is 55.5 Å². The van der Waals surface area contributed by atoms with E-state index in [1.807, 2.05) is 17.5 Å². The third kappa shape index (κ3) is 4.53. The fourth-order valence-corrected chi connectivity index (χ4v) is 4.20. The molecule has 1 N–H and O–H groups in total. The lowest BCUT2D eigenvalue weighted by molar-refractivity contribution is 0.0526. The fourth-order valence-electron chi connectivity index (χ4n) is 3.37. The van der Waals surface area contributed by atoms with Crippen LogP contribution in [0.15, 0.2) is 60.1 Å². The average molecular weight is 491 g/mol. The number of thiazole rings is 1. The van der Waals surface area contributed by atoms with Crippen molar-refractivity contribution in [3.05, 3.63) is 71.5 Å². The molecule has 0 aliphatic rings. The number of nitrogens with zero attached hydrogens (tertiary/aromatic N) is 5. The Kier molecular flexibility index (Phi) is 6.06. The highest BCUT2D eigenvalue weighted by atomic mass is 32.1. The summed E-state index contributed by atoms with van der Waals surface area (Å²) in [6, 6.07) is 13.4. The predicted octanol–water partition coefficient (Wildman–Crippen LogP) is 4.98. The maximum absolute atomic E-state index is 13.3. The first-order chi connectivity index (χ1) is 17.1. The second-order valence-corrected chi connectivity index (χ2v) is 8.12. The van der Waals surface area contributed by atoms with Gasteiger partial charge in [-0.2, -0.15) is 4.98 Å². The van der Waals surface area contributed by atoms with Crippen molar-refractivity contribution in [2.75, 3.05) is 19.0 Å². The summed E-state index contributed by atoms with van der Waals surface area (Å²) in [4.78, 5) is 26.5. The largest absolute Gasteiger partial charge is 0.497 e. The van der Waals surface area contributed by atoms with Crippen LogP contribution in [0.25, 0.3) is 27.6 Å². The smallest absolute Gasteiger partial charge is 0.343 e. The van der Waals surface area contributed by atoms with Gasteiger partial charge in [0.2, 0.25) is 10.9 Å². The number of hydrogen-bond donors (Lipinski definition) is 1. The number of carbonyl (C=O) groups excluding carboxylic acids is 1. The van der Waals surface area contributed by atoms with Crippen LogP contribution in [0.4, 0.5) is 16.2 Å². The van der Waals surface area contributed by atoms with Gasteiger partial charge in [-0.15, -0.1) is 16.4 Å². The SMILES string of the molecule is CCOC(=O)c1cnc(-c2ccc(OC)cc2)nc1Nc1nc2scc(-c3ccc(F)cc3)n2n1. The lowest BCUT2D eigenvalue weighted by atomic mass is 10.2. The number of benzene rings is 2. The highest BCUT2D eigenvalue weighted by Crippen LogP contribution is 2.28. The summed E-state index contributed by atoms with van der Waals surface area (Å²) in [6.07, 6.45) is 1.41. The summed E-state index contributed by atoms with van der Waals surface area (Å²) in [5.74, 6) is 0.676. The molecule has 0 radical (unpaired) electrons. The molecule has 3 aromatic heterocycles. The molecule has 0 saturated heterocycles. The van der Waals surface area contributed by atoms with Crippen LogP contribution in [0.3, 0.4) is 0 Å². The highest BCUT2D eigenvalue weighted by molar-refractivity contribution is 7.15. The molecule has 3 heterocycles. The molecule has 0 saturated carbocycles. The van der Waals surface area contributed by atoms with Crippen molar-refractivity contribution in [3.8, 4) is 28.4 Å². The number of hydrogen-bond acceptors (Lipinski definition) is 9. The van der Waals surface area contributed by atoms with E-state index < -0.39 is 5.97 Å². The van der Waals surface area contributed by atoms with Crippen molar-refractivity contribution in [2.45, 2.75) is 6.92 Å². The molecular weight excluding hydrogens is 471 g/mol. The molecule has 0 aliphatic heterocycles. The van der Waals surface area contributed by atoms with Crippen LogP contribution >= 0.6 is 11.3 Å². The topological polar surface area (TPSA) is 104 Å². The Hall–Kier alpha value is -4.38. The molecular formula is C24H19FN6O3S. The molecule has 0 aliphatic carbocycles. The Bertz CT molecular complexity index is 1500. The second-order valence-electron chi connectivity index (χ2n) is 7.29. The zero-order valence-corrected chi connectivity index (χ0v) is 19.5. The first-order valence-corrected chi connectivity index (χ1v) is 11.5. The van der Waals surface area contributed by atoms with E-state index in [0.29, 0.717) is 16.5 Å². The van der Waals surface area contributed by atoms with E-state index in [0.717, 1.165) is 16.8 Å². The van der Waals surface area contributed by atoms with Gasteiger partial charge >= 0.3 is 5.97 Å². The van der Waals surface area contributed by atoms with Crippen LogP contribution in [0, 0.1) is 5.82 Å². The number of aromatic nitrogens is 5. The van der Waals surface area contributed by atoms with Gasteiger partial charge in [0.1, 0.15) is 17.1 Å². The van der Waals surface area contributed by atoms with Crippen molar-refractivity contribution in [2.24, 2.45) is 0 Å². The molecule has 11 heteroatoms. The predicted molar refractivity (Wildman–Crippen MR) is 130 cm³/mol. The molecule has 2 aromatic carbocycles. The maximum Gasteiger partial charge on any atom is 0.343 e. The Morgan fingerprint density at radius 1 is 1.09 bits per heavy atom. The van der Waals surface area contributed by atoms with E-state index in [9.17, 15) is 9.18 Å². The van der Waals surface area contributed by atoms with Crippen molar-refractivity contribution in [3.63, 3.8) is 0 Å². The Balaban J connectivity index is 1.52. The third-order valence-corrected chi connectivity index (χ3v) is 5.90. The summed E-state index contributed by atoms with van der Waals surface area (Å²) in [7, 11) is 1.59. The molecule has 0 amide bonds. The number of ether oxygens (including phenoxy) is 2. The molecule has 35 heavy (non-hydrogen) atoms. The summed E-state index contributed by atoms with van der Waals surface area (Å²) in [5, 5.41) is 9.45. The van der Waals surface area contributed by atoms with Gasteiger partial charge in [-0.1, -0.05) is 0 Å². The van der Waals surface area contributed by atoms with Gasteiger partial charge in [-0.3, -0.25) is 0 Å². The Morgan fingerprint density at radius 2 is 1.83 bits per heavy atom. The molecule has 0 unspecified atom stereocenters. The lowest BCUT2D eigenvalue weighted by Gasteiger charge is -2.10. The van der Waals surface area contributed by atoms with Crippen LogP contribution in [-0.4, -0.2) is 44.3 Å². The van der Waals surface area contributed by atoms with E-state index in [1.54, 1.807) is 42.8 Å². The van der Waals surface area contributed by atoms with Crippen molar-refractivity contribution < 1.29 is 18.7 Å². The van der Waals surface area contributed by atoms with E-state index in [2.05, 4.69) is 25.4 Å². The standard InChI is InChI=1S/C24H19FN6O3S/c1-3-34-22(32)18-12-26-20(15-6-10-17(33-2)11-7-15)27-21(18)28-23-29-24-31(30-23)19(13-35-24)14-4-8-16(25)9-5-14/h4-13H,3H2,1-2H3,(H,26,27,28,30). The maximum atomic E-state index is 13.3. The molecule has 9 nitrogen and oxygen atoms in total. The zero-order valence-electron chi connectivity index (χ0n) is 18.7. The molecule has 0 fully saturated rings. The van der Waals surface area contributed by atoms with Crippen LogP contribution in [0.2, 0.25) is 0 Å². The van der Waals surface area contributed by atoms with E-state index in [-0.39, 0.29) is 29.8 Å². The Morgan fingerprint density at radius 3 is 2.54 bits per heavy atom. The van der Waals surface area contributed by atoms with Gasteiger partial charge < -0.3 is 14.8 Å². The minimum absolute atomic E-state index is 0.154. The third-order valence-electron chi connectivity index (χ3n) is 5.08. The van der Waals surface area contributed by atoms with Crippen LogP contribution in [-0.2, 0) is 4.74 Å². The monoisotopic (exact) mass is 490 g/mol. The number of anilines is 2. The van der Waals surface area contributed by atoms with Crippen molar-refractivity contribution >= 4 is 34.0 Å². The number of nitrogens with one attached hydrogen (secondary N) is 1. The summed E-state index contributed by atoms with van der Waals surface area (Å²) >= 11 is 1.39. The number of rotatable bonds is 7.